The highest BCUT2D eigenvalue weighted by Gasteiger charge is 2.11. The summed E-state index contributed by atoms with van der Waals surface area (Å²) in [6, 6.07) is 7.19. The lowest BCUT2D eigenvalue weighted by atomic mass is 10.0. The minimum absolute atomic E-state index is 0.158. The second-order valence-electron chi connectivity index (χ2n) is 5.20. The number of hydrogen-bond donors (Lipinski definition) is 1. The third-order valence-corrected chi connectivity index (χ3v) is 3.23. The summed E-state index contributed by atoms with van der Waals surface area (Å²) in [5, 5.41) is 4.48. The Hall–Kier alpha value is -1.68. The monoisotopic (exact) mass is 261 g/mol. The minimum atomic E-state index is -0.194. The Labute approximate surface area is 113 Å². The van der Waals surface area contributed by atoms with E-state index in [0.717, 1.165) is 11.3 Å². The SMILES string of the molecule is Cc1cc(C(N)Cc2ccn(C(C)C)n2)ccc1F. The Bertz CT molecular complexity index is 560. The maximum atomic E-state index is 13.2. The van der Waals surface area contributed by atoms with Gasteiger partial charge in [0.15, 0.2) is 0 Å². The van der Waals surface area contributed by atoms with Crippen LogP contribution in [0, 0.1) is 12.7 Å². The van der Waals surface area contributed by atoms with Crippen molar-refractivity contribution in [3.8, 4) is 0 Å². The standard InChI is InChI=1S/C15H20FN3/c1-10(2)19-7-6-13(18-19)9-15(17)12-4-5-14(16)11(3)8-12/h4-8,10,15H,9,17H2,1-3H3. The lowest BCUT2D eigenvalue weighted by Crippen LogP contribution is -2.14. The van der Waals surface area contributed by atoms with Crippen LogP contribution in [0.5, 0.6) is 0 Å². The molecule has 3 nitrogen and oxygen atoms in total. The zero-order valence-corrected chi connectivity index (χ0v) is 11.6. The van der Waals surface area contributed by atoms with Crippen LogP contribution in [0.2, 0.25) is 0 Å². The smallest absolute Gasteiger partial charge is 0.126 e. The van der Waals surface area contributed by atoms with E-state index in [9.17, 15) is 4.39 Å². The van der Waals surface area contributed by atoms with Gasteiger partial charge in [-0.3, -0.25) is 4.68 Å². The van der Waals surface area contributed by atoms with Crippen LogP contribution in [0.25, 0.3) is 0 Å². The van der Waals surface area contributed by atoms with E-state index in [1.165, 1.54) is 6.07 Å². The number of halogens is 1. The Morgan fingerprint density at radius 3 is 2.63 bits per heavy atom. The summed E-state index contributed by atoms with van der Waals surface area (Å²) in [5.41, 5.74) is 8.69. The molecule has 0 bridgehead atoms. The lowest BCUT2D eigenvalue weighted by Gasteiger charge is -2.12. The van der Waals surface area contributed by atoms with Crippen molar-refractivity contribution in [3.05, 3.63) is 53.1 Å². The van der Waals surface area contributed by atoms with Gasteiger partial charge in [0.25, 0.3) is 0 Å². The zero-order valence-electron chi connectivity index (χ0n) is 11.6. The molecule has 2 aromatic rings. The van der Waals surface area contributed by atoms with Gasteiger partial charge < -0.3 is 5.73 Å². The molecule has 0 amide bonds. The second kappa shape index (κ2) is 5.53. The van der Waals surface area contributed by atoms with Gasteiger partial charge in [0.1, 0.15) is 5.82 Å². The van der Waals surface area contributed by atoms with Crippen molar-refractivity contribution in [2.24, 2.45) is 5.73 Å². The molecular weight excluding hydrogens is 241 g/mol. The van der Waals surface area contributed by atoms with Gasteiger partial charge in [-0.2, -0.15) is 5.10 Å². The molecule has 4 heteroatoms. The average molecular weight is 261 g/mol. The molecule has 0 aliphatic carbocycles. The fourth-order valence-electron chi connectivity index (χ4n) is 2.02. The number of aromatic nitrogens is 2. The number of benzene rings is 1. The number of rotatable bonds is 4. The van der Waals surface area contributed by atoms with E-state index in [0.29, 0.717) is 18.0 Å². The van der Waals surface area contributed by atoms with Crippen molar-refractivity contribution in [2.75, 3.05) is 0 Å². The highest BCUT2D eigenvalue weighted by Crippen LogP contribution is 2.18. The molecule has 0 saturated heterocycles. The van der Waals surface area contributed by atoms with Crippen molar-refractivity contribution in [1.29, 1.82) is 0 Å². The summed E-state index contributed by atoms with van der Waals surface area (Å²) in [6.07, 6.45) is 2.62. The van der Waals surface area contributed by atoms with Gasteiger partial charge in [0.2, 0.25) is 0 Å². The molecule has 0 spiro atoms. The number of aryl methyl sites for hydroxylation is 1. The molecule has 1 aromatic heterocycles. The van der Waals surface area contributed by atoms with E-state index in [4.69, 9.17) is 5.73 Å². The Kier molecular flexibility index (Phi) is 4.00. The number of nitrogens with two attached hydrogens (primary N) is 1. The van der Waals surface area contributed by atoms with Crippen LogP contribution in [-0.2, 0) is 6.42 Å². The molecule has 1 unspecified atom stereocenters. The summed E-state index contributed by atoms with van der Waals surface area (Å²) in [6.45, 7) is 5.92. The molecule has 2 rings (SSSR count). The molecule has 0 fully saturated rings. The predicted octanol–water partition coefficient (Wildman–Crippen LogP) is 3.15. The first-order valence-electron chi connectivity index (χ1n) is 6.53. The molecule has 1 aromatic carbocycles. The van der Waals surface area contributed by atoms with Crippen molar-refractivity contribution >= 4 is 0 Å². The van der Waals surface area contributed by atoms with Crippen LogP contribution in [0.15, 0.2) is 30.5 Å². The second-order valence-corrected chi connectivity index (χ2v) is 5.20. The molecule has 2 N–H and O–H groups in total. The van der Waals surface area contributed by atoms with Crippen LogP contribution in [0.4, 0.5) is 4.39 Å². The number of nitrogens with zero attached hydrogens (tertiary/aromatic N) is 2. The minimum Gasteiger partial charge on any atom is -0.324 e. The van der Waals surface area contributed by atoms with Crippen LogP contribution in [0.3, 0.4) is 0 Å². The summed E-state index contributed by atoms with van der Waals surface area (Å²) >= 11 is 0. The van der Waals surface area contributed by atoms with Crippen LogP contribution in [-0.4, -0.2) is 9.78 Å². The fraction of sp³-hybridized carbons (Fsp3) is 0.400. The van der Waals surface area contributed by atoms with E-state index >= 15 is 0 Å². The highest BCUT2D eigenvalue weighted by atomic mass is 19.1. The average Bonchev–Trinajstić information content (AvgIpc) is 2.81. The topological polar surface area (TPSA) is 43.8 Å². The van der Waals surface area contributed by atoms with Crippen molar-refractivity contribution in [3.63, 3.8) is 0 Å². The summed E-state index contributed by atoms with van der Waals surface area (Å²) in [5.74, 6) is -0.194. The molecule has 0 aliphatic rings. The van der Waals surface area contributed by atoms with Gasteiger partial charge in [-0.1, -0.05) is 12.1 Å². The zero-order chi connectivity index (χ0) is 14.0. The molecule has 1 heterocycles. The normalized spacial score (nSPS) is 12.9. The maximum Gasteiger partial charge on any atom is 0.126 e. The Morgan fingerprint density at radius 2 is 2.05 bits per heavy atom. The van der Waals surface area contributed by atoms with Gasteiger partial charge in [-0.25, -0.2) is 4.39 Å². The van der Waals surface area contributed by atoms with Crippen LogP contribution in [0.1, 0.15) is 42.8 Å². The first kappa shape index (κ1) is 13.7. The third-order valence-electron chi connectivity index (χ3n) is 3.23. The van der Waals surface area contributed by atoms with E-state index in [1.807, 2.05) is 16.9 Å². The predicted molar refractivity (Wildman–Crippen MR) is 74.4 cm³/mol. The van der Waals surface area contributed by atoms with Gasteiger partial charge in [-0.15, -0.1) is 0 Å². The van der Waals surface area contributed by atoms with Gasteiger partial charge in [0.05, 0.1) is 5.69 Å². The van der Waals surface area contributed by atoms with Gasteiger partial charge in [-0.05, 0) is 44.0 Å². The Morgan fingerprint density at radius 1 is 1.32 bits per heavy atom. The number of hydrogen-bond acceptors (Lipinski definition) is 2. The largest absolute Gasteiger partial charge is 0.324 e. The summed E-state index contributed by atoms with van der Waals surface area (Å²) in [7, 11) is 0. The first-order valence-corrected chi connectivity index (χ1v) is 6.53. The van der Waals surface area contributed by atoms with E-state index in [-0.39, 0.29) is 11.9 Å². The highest BCUT2D eigenvalue weighted by molar-refractivity contribution is 5.27. The first-order chi connectivity index (χ1) is 8.97. The van der Waals surface area contributed by atoms with Crippen molar-refractivity contribution in [2.45, 2.75) is 39.3 Å². The molecule has 19 heavy (non-hydrogen) atoms. The van der Waals surface area contributed by atoms with Crippen molar-refractivity contribution < 1.29 is 4.39 Å². The molecular formula is C15H20FN3. The van der Waals surface area contributed by atoms with E-state index in [2.05, 4.69) is 18.9 Å². The van der Waals surface area contributed by atoms with Gasteiger partial charge >= 0.3 is 0 Å². The van der Waals surface area contributed by atoms with Crippen LogP contribution < -0.4 is 5.73 Å². The summed E-state index contributed by atoms with van der Waals surface area (Å²) in [4.78, 5) is 0. The molecule has 0 aliphatic heterocycles. The van der Waals surface area contributed by atoms with Crippen LogP contribution >= 0.6 is 0 Å². The molecule has 102 valence electrons. The Balaban J connectivity index is 2.11. The quantitative estimate of drug-likeness (QED) is 0.918. The molecule has 0 radical (unpaired) electrons. The lowest BCUT2D eigenvalue weighted by molar-refractivity contribution is 0.522. The van der Waals surface area contributed by atoms with E-state index < -0.39 is 0 Å². The molecule has 1 atom stereocenters. The summed E-state index contributed by atoms with van der Waals surface area (Å²) < 4.78 is 15.1. The molecule has 0 saturated carbocycles. The van der Waals surface area contributed by atoms with E-state index in [1.54, 1.807) is 19.1 Å². The third kappa shape index (κ3) is 3.20. The maximum absolute atomic E-state index is 13.2. The van der Waals surface area contributed by atoms with Crippen molar-refractivity contribution in [1.82, 2.24) is 9.78 Å². The fourth-order valence-corrected chi connectivity index (χ4v) is 2.02. The van der Waals surface area contributed by atoms with Gasteiger partial charge in [0, 0.05) is 24.7 Å².